The molecule has 0 aliphatic rings. The van der Waals surface area contributed by atoms with Crippen LogP contribution >= 0.6 is 0 Å². The van der Waals surface area contributed by atoms with E-state index in [9.17, 15) is 4.79 Å². The molecule has 3 heteroatoms. The highest BCUT2D eigenvalue weighted by Gasteiger charge is 2.06. The van der Waals surface area contributed by atoms with Gasteiger partial charge in [-0.05, 0) is 19.4 Å². The van der Waals surface area contributed by atoms with E-state index in [-0.39, 0.29) is 6.10 Å². The number of esters is 1. The van der Waals surface area contributed by atoms with Crippen molar-refractivity contribution in [2.45, 2.75) is 20.0 Å². The molecule has 0 aliphatic heterocycles. The zero-order valence-electron chi connectivity index (χ0n) is 9.31. The first-order valence-corrected chi connectivity index (χ1v) is 5.01. The normalized spacial score (nSPS) is 11.0. The lowest BCUT2D eigenvalue weighted by Crippen LogP contribution is -2.09. The summed E-state index contributed by atoms with van der Waals surface area (Å²) in [5, 5.41) is 8.94. The average Bonchev–Trinajstić information content (AvgIpc) is 2.26. The van der Waals surface area contributed by atoms with Crippen LogP contribution in [0.3, 0.4) is 0 Å². The fourth-order valence-electron chi connectivity index (χ4n) is 1.18. The lowest BCUT2D eigenvalue weighted by atomic mass is 10.1. The molecule has 0 aromatic heterocycles. The van der Waals surface area contributed by atoms with Gasteiger partial charge >= 0.3 is 5.97 Å². The molecule has 0 spiro atoms. The van der Waals surface area contributed by atoms with Crippen LogP contribution in [0.4, 0.5) is 0 Å². The van der Waals surface area contributed by atoms with Gasteiger partial charge in [-0.3, -0.25) is 0 Å². The summed E-state index contributed by atoms with van der Waals surface area (Å²) < 4.78 is 4.94. The van der Waals surface area contributed by atoms with Gasteiger partial charge in [0, 0.05) is 6.08 Å². The maximum atomic E-state index is 11.3. The van der Waals surface area contributed by atoms with Crippen molar-refractivity contribution in [3.8, 4) is 6.07 Å². The Kier molecular flexibility index (Phi) is 4.28. The molecule has 0 amide bonds. The Bertz CT molecular complexity index is 427. The predicted octanol–water partition coefficient (Wildman–Crippen LogP) is 2.55. The minimum absolute atomic E-state index is 0.181. The smallest absolute Gasteiger partial charge is 0.332 e. The molecule has 1 aromatic carbocycles. The first kappa shape index (κ1) is 12.0. The van der Waals surface area contributed by atoms with E-state index in [0.29, 0.717) is 11.1 Å². The van der Waals surface area contributed by atoms with Crippen molar-refractivity contribution in [1.29, 1.82) is 5.26 Å². The minimum Gasteiger partial charge on any atom is -0.460 e. The molecule has 0 atom stereocenters. The van der Waals surface area contributed by atoms with Crippen LogP contribution in [0.15, 0.2) is 36.4 Å². The molecule has 0 saturated heterocycles. The molecule has 0 saturated carbocycles. The second kappa shape index (κ2) is 5.72. The molecule has 0 fully saturated rings. The number of rotatable bonds is 3. The number of hydrogen-bond acceptors (Lipinski definition) is 3. The van der Waals surface area contributed by atoms with E-state index < -0.39 is 5.97 Å². The Morgan fingerprint density at radius 2 is 2.00 bits per heavy atom. The maximum absolute atomic E-state index is 11.3. The number of nitriles is 1. The van der Waals surface area contributed by atoms with Crippen LogP contribution < -0.4 is 0 Å². The van der Waals surface area contributed by atoms with Gasteiger partial charge in [-0.25, -0.2) is 4.79 Å². The molecular weight excluding hydrogens is 202 g/mol. The van der Waals surface area contributed by atoms with E-state index in [2.05, 4.69) is 0 Å². The molecule has 0 heterocycles. The zero-order chi connectivity index (χ0) is 12.0. The van der Waals surface area contributed by atoms with Crippen LogP contribution in [0.25, 0.3) is 5.57 Å². The van der Waals surface area contributed by atoms with Crippen LogP contribution in [-0.2, 0) is 9.53 Å². The van der Waals surface area contributed by atoms with Gasteiger partial charge in [0.2, 0.25) is 0 Å². The highest BCUT2D eigenvalue weighted by molar-refractivity contribution is 5.95. The van der Waals surface area contributed by atoms with Crippen molar-refractivity contribution < 1.29 is 9.53 Å². The number of nitrogens with zero attached hydrogens (tertiary/aromatic N) is 1. The van der Waals surface area contributed by atoms with Gasteiger partial charge in [0.1, 0.15) is 6.07 Å². The maximum Gasteiger partial charge on any atom is 0.332 e. The summed E-state index contributed by atoms with van der Waals surface area (Å²) in [7, 11) is 0. The number of benzene rings is 1. The molecule has 0 N–H and O–H groups in total. The number of allylic oxidation sites excluding steroid dienone is 1. The van der Waals surface area contributed by atoms with Crippen LogP contribution in [0.5, 0.6) is 0 Å². The van der Waals surface area contributed by atoms with Gasteiger partial charge in [0.05, 0.1) is 11.7 Å². The Morgan fingerprint density at radius 1 is 1.38 bits per heavy atom. The predicted molar refractivity (Wildman–Crippen MR) is 61.3 cm³/mol. The summed E-state index contributed by atoms with van der Waals surface area (Å²) in [5.41, 5.74) is 1.02. The van der Waals surface area contributed by atoms with E-state index in [1.165, 1.54) is 6.08 Å². The molecule has 16 heavy (non-hydrogen) atoms. The third-order valence-electron chi connectivity index (χ3n) is 1.82. The average molecular weight is 215 g/mol. The molecule has 1 rings (SSSR count). The van der Waals surface area contributed by atoms with Crippen LogP contribution in [0.1, 0.15) is 19.4 Å². The minimum atomic E-state index is -0.490. The third-order valence-corrected chi connectivity index (χ3v) is 1.82. The lowest BCUT2D eigenvalue weighted by molar-refractivity contribution is -0.141. The largest absolute Gasteiger partial charge is 0.460 e. The first-order chi connectivity index (χ1) is 7.63. The summed E-state index contributed by atoms with van der Waals surface area (Å²) >= 11 is 0. The SMILES string of the molecule is CC(C)OC(=O)/C=C(\C#N)c1ccccc1. The van der Waals surface area contributed by atoms with Crippen molar-refractivity contribution in [2.75, 3.05) is 0 Å². The molecule has 0 unspecified atom stereocenters. The summed E-state index contributed by atoms with van der Waals surface area (Å²) in [6.45, 7) is 3.53. The highest BCUT2D eigenvalue weighted by Crippen LogP contribution is 2.12. The van der Waals surface area contributed by atoms with Crippen molar-refractivity contribution in [3.63, 3.8) is 0 Å². The molecule has 0 radical (unpaired) electrons. The quantitative estimate of drug-likeness (QED) is 0.442. The van der Waals surface area contributed by atoms with E-state index in [4.69, 9.17) is 10.00 Å². The van der Waals surface area contributed by atoms with Gasteiger partial charge < -0.3 is 4.74 Å². The van der Waals surface area contributed by atoms with E-state index in [1.54, 1.807) is 26.0 Å². The number of ether oxygens (including phenoxy) is 1. The van der Waals surface area contributed by atoms with Crippen molar-refractivity contribution in [1.82, 2.24) is 0 Å². The molecule has 0 bridgehead atoms. The molecule has 3 nitrogen and oxygen atoms in total. The van der Waals surface area contributed by atoms with Crippen molar-refractivity contribution >= 4 is 11.5 Å². The monoisotopic (exact) mass is 215 g/mol. The molecule has 1 aromatic rings. The van der Waals surface area contributed by atoms with Gasteiger partial charge in [-0.1, -0.05) is 30.3 Å². The van der Waals surface area contributed by atoms with Gasteiger partial charge in [0.25, 0.3) is 0 Å². The Hall–Kier alpha value is -2.08. The molecule has 0 aliphatic carbocycles. The topological polar surface area (TPSA) is 50.1 Å². The van der Waals surface area contributed by atoms with Crippen molar-refractivity contribution in [2.24, 2.45) is 0 Å². The van der Waals surface area contributed by atoms with E-state index >= 15 is 0 Å². The lowest BCUT2D eigenvalue weighted by Gasteiger charge is -2.05. The summed E-state index contributed by atoms with van der Waals surface area (Å²) in [4.78, 5) is 11.3. The van der Waals surface area contributed by atoms with E-state index in [0.717, 1.165) is 0 Å². The number of carbonyl (C=O) groups excluding carboxylic acids is 1. The van der Waals surface area contributed by atoms with Crippen LogP contribution in [0, 0.1) is 11.3 Å². The van der Waals surface area contributed by atoms with Crippen molar-refractivity contribution in [3.05, 3.63) is 42.0 Å². The molecule has 82 valence electrons. The van der Waals surface area contributed by atoms with Crippen LogP contribution in [-0.4, -0.2) is 12.1 Å². The highest BCUT2D eigenvalue weighted by atomic mass is 16.5. The van der Waals surface area contributed by atoms with Gasteiger partial charge in [-0.2, -0.15) is 5.26 Å². The Morgan fingerprint density at radius 3 is 2.50 bits per heavy atom. The van der Waals surface area contributed by atoms with E-state index in [1.807, 2.05) is 24.3 Å². The second-order valence-corrected chi connectivity index (χ2v) is 3.52. The summed E-state index contributed by atoms with van der Waals surface area (Å²) in [6.07, 6.45) is 1.04. The Labute approximate surface area is 95.0 Å². The standard InChI is InChI=1S/C13H13NO2/c1-10(2)16-13(15)8-12(9-14)11-6-4-3-5-7-11/h3-8,10H,1-2H3/b12-8+. The fourth-order valence-corrected chi connectivity index (χ4v) is 1.18. The second-order valence-electron chi connectivity index (χ2n) is 3.52. The summed E-state index contributed by atoms with van der Waals surface area (Å²) in [6, 6.07) is 11.0. The first-order valence-electron chi connectivity index (χ1n) is 5.01. The summed E-state index contributed by atoms with van der Waals surface area (Å²) in [5.74, 6) is -0.490. The van der Waals surface area contributed by atoms with Gasteiger partial charge in [0.15, 0.2) is 0 Å². The van der Waals surface area contributed by atoms with Crippen LogP contribution in [0.2, 0.25) is 0 Å². The Balaban J connectivity index is 2.88. The fraction of sp³-hybridized carbons (Fsp3) is 0.231. The number of carbonyl (C=O) groups is 1. The zero-order valence-corrected chi connectivity index (χ0v) is 9.31. The molecular formula is C13H13NO2. The van der Waals surface area contributed by atoms with Gasteiger partial charge in [-0.15, -0.1) is 0 Å². The number of hydrogen-bond donors (Lipinski definition) is 0. The third kappa shape index (κ3) is 3.58.